The molecule has 0 aliphatic carbocycles. The molecule has 0 amide bonds. The van der Waals surface area contributed by atoms with Gasteiger partial charge < -0.3 is 9.84 Å². The minimum absolute atomic E-state index is 0.132. The van der Waals surface area contributed by atoms with Crippen molar-refractivity contribution < 1.29 is 9.84 Å². The van der Waals surface area contributed by atoms with Gasteiger partial charge in [-0.2, -0.15) is 0 Å². The zero-order valence-electron chi connectivity index (χ0n) is 13.4. The van der Waals surface area contributed by atoms with E-state index in [1.807, 2.05) is 0 Å². The molecule has 0 saturated carbocycles. The summed E-state index contributed by atoms with van der Waals surface area (Å²) in [5.74, 6) is 0. The Hall–Kier alpha value is -0.120. The van der Waals surface area contributed by atoms with Crippen molar-refractivity contribution >= 4 is 0 Å². The number of hydrogen-bond acceptors (Lipinski definition) is 3. The van der Waals surface area contributed by atoms with E-state index in [9.17, 15) is 5.11 Å². The van der Waals surface area contributed by atoms with Crippen LogP contribution in [0, 0.1) is 0 Å². The predicted molar refractivity (Wildman–Crippen MR) is 77.9 cm³/mol. The van der Waals surface area contributed by atoms with Crippen LogP contribution in [-0.2, 0) is 4.74 Å². The second-order valence-electron chi connectivity index (χ2n) is 5.90. The molecule has 0 bridgehead atoms. The highest BCUT2D eigenvalue weighted by molar-refractivity contribution is 4.92. The normalized spacial score (nSPS) is 17.8. The molecule has 0 aliphatic heterocycles. The van der Waals surface area contributed by atoms with E-state index in [-0.39, 0.29) is 17.2 Å². The summed E-state index contributed by atoms with van der Waals surface area (Å²) in [6, 6.07) is 0. The lowest BCUT2D eigenvalue weighted by Crippen LogP contribution is -2.54. The second-order valence-corrected chi connectivity index (χ2v) is 5.90. The van der Waals surface area contributed by atoms with E-state index in [2.05, 4.69) is 46.4 Å². The van der Waals surface area contributed by atoms with Gasteiger partial charge in [-0.1, -0.05) is 20.8 Å². The van der Waals surface area contributed by atoms with Gasteiger partial charge in [-0.3, -0.25) is 4.90 Å². The maximum absolute atomic E-state index is 10.6. The molecular formula is C15H33NO2. The van der Waals surface area contributed by atoms with Crippen molar-refractivity contribution in [3.8, 4) is 0 Å². The molecular weight excluding hydrogens is 226 g/mol. The first-order valence-corrected chi connectivity index (χ1v) is 7.25. The van der Waals surface area contributed by atoms with Gasteiger partial charge >= 0.3 is 0 Å². The Balaban J connectivity index is 4.65. The largest absolute Gasteiger partial charge is 0.391 e. The van der Waals surface area contributed by atoms with Gasteiger partial charge in [0, 0.05) is 12.6 Å². The van der Waals surface area contributed by atoms with Crippen molar-refractivity contribution in [2.24, 2.45) is 0 Å². The number of aliphatic hydroxyl groups excluding tert-OH is 1. The highest BCUT2D eigenvalue weighted by atomic mass is 16.5. The Morgan fingerprint density at radius 3 is 1.94 bits per heavy atom. The number of aliphatic hydroxyl groups is 1. The van der Waals surface area contributed by atoms with Crippen LogP contribution in [0.3, 0.4) is 0 Å². The maximum atomic E-state index is 10.6. The van der Waals surface area contributed by atoms with Gasteiger partial charge in [0.15, 0.2) is 0 Å². The van der Waals surface area contributed by atoms with Crippen LogP contribution in [0.15, 0.2) is 0 Å². The molecule has 1 N–H and O–H groups in total. The van der Waals surface area contributed by atoms with Crippen molar-refractivity contribution in [1.82, 2.24) is 4.90 Å². The van der Waals surface area contributed by atoms with Crippen LogP contribution in [-0.4, -0.2) is 47.4 Å². The van der Waals surface area contributed by atoms with Gasteiger partial charge in [-0.25, -0.2) is 0 Å². The lowest BCUT2D eigenvalue weighted by atomic mass is 9.84. The average molecular weight is 259 g/mol. The van der Waals surface area contributed by atoms with E-state index in [1.165, 1.54) is 0 Å². The Morgan fingerprint density at radius 2 is 1.61 bits per heavy atom. The summed E-state index contributed by atoms with van der Waals surface area (Å²) in [6.45, 7) is 14.7. The summed E-state index contributed by atoms with van der Waals surface area (Å²) < 4.78 is 5.42. The Bertz CT molecular complexity index is 227. The summed E-state index contributed by atoms with van der Waals surface area (Å²) in [7, 11) is 1.73. The third-order valence-electron chi connectivity index (χ3n) is 4.49. The van der Waals surface area contributed by atoms with Crippen molar-refractivity contribution in [3.05, 3.63) is 0 Å². The van der Waals surface area contributed by atoms with Crippen molar-refractivity contribution in [3.63, 3.8) is 0 Å². The number of likely N-dealkylation sites (N-methyl/N-ethyl adjacent to an activating group) is 1. The highest BCUT2D eigenvalue weighted by Gasteiger charge is 2.36. The summed E-state index contributed by atoms with van der Waals surface area (Å²) >= 11 is 0. The van der Waals surface area contributed by atoms with E-state index < -0.39 is 0 Å². The van der Waals surface area contributed by atoms with E-state index in [4.69, 9.17) is 4.74 Å². The summed E-state index contributed by atoms with van der Waals surface area (Å²) in [4.78, 5) is 2.36. The second kappa shape index (κ2) is 7.46. The number of methoxy groups -OCH3 is 1. The minimum atomic E-state index is -0.308. The monoisotopic (exact) mass is 259 g/mol. The molecule has 3 nitrogen and oxygen atoms in total. The molecule has 0 aromatic carbocycles. The van der Waals surface area contributed by atoms with Crippen LogP contribution < -0.4 is 0 Å². The van der Waals surface area contributed by atoms with Gasteiger partial charge in [0.05, 0.1) is 11.7 Å². The number of rotatable bonds is 9. The van der Waals surface area contributed by atoms with E-state index >= 15 is 0 Å². The van der Waals surface area contributed by atoms with Gasteiger partial charge in [-0.05, 0) is 53.1 Å². The van der Waals surface area contributed by atoms with Crippen LogP contribution in [0.4, 0.5) is 0 Å². The third kappa shape index (κ3) is 4.52. The van der Waals surface area contributed by atoms with E-state index in [0.29, 0.717) is 0 Å². The van der Waals surface area contributed by atoms with Gasteiger partial charge in [0.1, 0.15) is 0 Å². The molecule has 18 heavy (non-hydrogen) atoms. The van der Waals surface area contributed by atoms with Crippen LogP contribution in [0.2, 0.25) is 0 Å². The molecule has 0 aliphatic rings. The third-order valence-corrected chi connectivity index (χ3v) is 4.49. The number of hydrogen-bond donors (Lipinski definition) is 1. The van der Waals surface area contributed by atoms with Crippen molar-refractivity contribution in [2.75, 3.05) is 20.2 Å². The Morgan fingerprint density at radius 1 is 1.11 bits per heavy atom. The minimum Gasteiger partial charge on any atom is -0.391 e. The molecule has 3 heteroatoms. The number of nitrogens with zero attached hydrogens (tertiary/aromatic N) is 1. The molecule has 0 radical (unpaired) electrons. The summed E-state index contributed by atoms with van der Waals surface area (Å²) in [5.41, 5.74) is -0.286. The highest BCUT2D eigenvalue weighted by Crippen LogP contribution is 2.28. The zero-order chi connectivity index (χ0) is 14.4. The Kier molecular flexibility index (Phi) is 7.41. The SMILES string of the molecule is CCN(CC)C(C)(CC)C(O)CCC(C)(C)OC. The smallest absolute Gasteiger partial charge is 0.0722 e. The molecule has 2 unspecified atom stereocenters. The van der Waals surface area contributed by atoms with Gasteiger partial charge in [0.25, 0.3) is 0 Å². The van der Waals surface area contributed by atoms with Crippen LogP contribution in [0.1, 0.15) is 60.8 Å². The zero-order valence-corrected chi connectivity index (χ0v) is 13.4. The predicted octanol–water partition coefficient (Wildman–Crippen LogP) is 3.06. The van der Waals surface area contributed by atoms with E-state index in [0.717, 1.165) is 32.4 Å². The van der Waals surface area contributed by atoms with Crippen molar-refractivity contribution in [1.29, 1.82) is 0 Å². The van der Waals surface area contributed by atoms with Gasteiger partial charge in [-0.15, -0.1) is 0 Å². The quantitative estimate of drug-likeness (QED) is 0.691. The first-order valence-electron chi connectivity index (χ1n) is 7.25. The average Bonchev–Trinajstić information content (AvgIpc) is 2.37. The molecule has 0 rings (SSSR count). The standard InChI is InChI=1S/C15H33NO2/c1-8-15(6,16(9-2)10-3)13(17)11-12-14(4,5)18-7/h13,17H,8-12H2,1-7H3. The Labute approximate surface area is 114 Å². The fraction of sp³-hybridized carbons (Fsp3) is 1.00. The molecule has 0 fully saturated rings. The van der Waals surface area contributed by atoms with Gasteiger partial charge in [0.2, 0.25) is 0 Å². The first kappa shape index (κ1) is 17.9. The van der Waals surface area contributed by atoms with Crippen LogP contribution >= 0.6 is 0 Å². The lowest BCUT2D eigenvalue weighted by Gasteiger charge is -2.44. The lowest BCUT2D eigenvalue weighted by molar-refractivity contribution is -0.0455. The first-order chi connectivity index (χ1) is 8.27. The molecule has 0 saturated heterocycles. The van der Waals surface area contributed by atoms with Crippen LogP contribution in [0.5, 0.6) is 0 Å². The fourth-order valence-electron chi connectivity index (χ4n) is 2.51. The van der Waals surface area contributed by atoms with Crippen molar-refractivity contribution in [2.45, 2.75) is 78.0 Å². The summed E-state index contributed by atoms with van der Waals surface area (Å²) in [6.07, 6.45) is 2.31. The topological polar surface area (TPSA) is 32.7 Å². The molecule has 0 spiro atoms. The molecule has 0 aromatic rings. The summed E-state index contributed by atoms with van der Waals surface area (Å²) in [5, 5.41) is 10.6. The molecule has 110 valence electrons. The molecule has 2 atom stereocenters. The fourth-order valence-corrected chi connectivity index (χ4v) is 2.51. The maximum Gasteiger partial charge on any atom is 0.0722 e. The van der Waals surface area contributed by atoms with E-state index in [1.54, 1.807) is 7.11 Å². The number of ether oxygens (including phenoxy) is 1. The molecule has 0 heterocycles. The van der Waals surface area contributed by atoms with Crippen LogP contribution in [0.25, 0.3) is 0 Å². The molecule has 0 aromatic heterocycles.